The first-order valence-electron chi connectivity index (χ1n) is 20.1. The van der Waals surface area contributed by atoms with Crippen LogP contribution in [0.2, 0.25) is 10.0 Å². The van der Waals surface area contributed by atoms with Gasteiger partial charge in [0.15, 0.2) is 0 Å². The van der Waals surface area contributed by atoms with Crippen molar-refractivity contribution >= 4 is 57.6 Å². The molecule has 5 heterocycles. The predicted octanol–water partition coefficient (Wildman–Crippen LogP) is 7.60. The number of amides is 2. The third kappa shape index (κ3) is 7.56. The van der Waals surface area contributed by atoms with Crippen LogP contribution in [-0.4, -0.2) is 68.4 Å². The topological polar surface area (TPSA) is 149 Å². The van der Waals surface area contributed by atoms with Gasteiger partial charge in [-0.15, -0.1) is 0 Å². The summed E-state index contributed by atoms with van der Waals surface area (Å²) in [6.07, 6.45) is 12.5. The van der Waals surface area contributed by atoms with Gasteiger partial charge in [0.05, 0.1) is 32.4 Å². The third-order valence-electron chi connectivity index (χ3n) is 12.9. The van der Waals surface area contributed by atoms with E-state index in [0.717, 1.165) is 109 Å². The number of hydrogen-bond donors (Lipinski definition) is 4. The average molecular weight is 819 g/mol. The van der Waals surface area contributed by atoms with Gasteiger partial charge in [0.1, 0.15) is 5.69 Å². The molecule has 0 radical (unpaired) electrons. The SMILES string of the molecule is O=C1CC[C@@H](CNCc2cnc3c(Cc4cccc(-c5cccc(NC(=O)c6cc7c(cn6)CN(CC68CCC(C(=O)O)(CC6)C8)CC7)c5Cl)c4Cl)nccc3c2)N1. The second kappa shape index (κ2) is 15.7. The minimum absolute atomic E-state index is 0.0929. The van der Waals surface area contributed by atoms with Gasteiger partial charge in [-0.25, -0.2) is 0 Å². The number of hydrogen-bond acceptors (Lipinski definition) is 8. The number of anilines is 1. The number of benzene rings is 2. The zero-order valence-electron chi connectivity index (χ0n) is 32.1. The Labute approximate surface area is 347 Å². The number of nitrogens with zero attached hydrogens (tertiary/aromatic N) is 4. The monoisotopic (exact) mass is 817 g/mol. The van der Waals surface area contributed by atoms with Crippen LogP contribution < -0.4 is 16.0 Å². The maximum Gasteiger partial charge on any atom is 0.309 e. The van der Waals surface area contributed by atoms with Crippen LogP contribution in [0.1, 0.15) is 83.4 Å². The summed E-state index contributed by atoms with van der Waals surface area (Å²) >= 11 is 14.1. The molecule has 4 N–H and O–H groups in total. The second-order valence-corrected chi connectivity index (χ2v) is 17.5. The van der Waals surface area contributed by atoms with E-state index in [2.05, 4.69) is 36.9 Å². The Bertz CT molecular complexity index is 2450. The quantitative estimate of drug-likeness (QED) is 0.0999. The molecule has 2 aliphatic carbocycles. The van der Waals surface area contributed by atoms with Crippen molar-refractivity contribution in [3.8, 4) is 11.1 Å². The minimum atomic E-state index is -0.630. The number of aromatic nitrogens is 3. The van der Waals surface area contributed by atoms with Crippen LogP contribution in [0.15, 0.2) is 73.2 Å². The smallest absolute Gasteiger partial charge is 0.309 e. The van der Waals surface area contributed by atoms with Crippen LogP contribution >= 0.6 is 23.2 Å². The van der Waals surface area contributed by atoms with Crippen molar-refractivity contribution in [3.63, 3.8) is 0 Å². The molecule has 13 heteroatoms. The molecule has 1 saturated heterocycles. The standard InChI is InChI=1S/C45H45Cl2N7O4/c46-39-29(19-36-41-30(9-15-49-36)17-27(21-51-41)20-48-23-32-7-8-38(55)52-32)3-1-4-33(39)34-5-2-6-35(40(34)47)53-42(56)37-18-28-10-16-54(24-31(28)22-50-37)26-44-11-13-45(25-44,14-12-44)43(57)58/h1-6,9,15,17-18,21-22,32,48H,7-8,10-14,16,19-20,23-26H2,(H,52,55)(H,53,56)(H,57,58)/t32-,44?,45?/m0/s1. The van der Waals surface area contributed by atoms with E-state index in [0.29, 0.717) is 52.9 Å². The number of fused-ring (bicyclic) bond motifs is 4. The molecule has 0 spiro atoms. The largest absolute Gasteiger partial charge is 0.481 e. The lowest BCUT2D eigenvalue weighted by molar-refractivity contribution is -0.148. The molecule has 5 aromatic rings. The van der Waals surface area contributed by atoms with Crippen molar-refractivity contribution in [2.24, 2.45) is 10.8 Å². The van der Waals surface area contributed by atoms with E-state index in [4.69, 9.17) is 28.2 Å². The van der Waals surface area contributed by atoms with Gasteiger partial charge in [0.2, 0.25) is 5.91 Å². The summed E-state index contributed by atoms with van der Waals surface area (Å²) in [7, 11) is 0. The van der Waals surface area contributed by atoms with Crippen LogP contribution in [0, 0.1) is 10.8 Å². The molecule has 3 aromatic heterocycles. The maximum atomic E-state index is 13.6. The van der Waals surface area contributed by atoms with E-state index in [1.165, 1.54) is 0 Å². The first-order valence-corrected chi connectivity index (χ1v) is 20.9. The number of carboxylic acid groups (broad SMARTS) is 1. The third-order valence-corrected chi connectivity index (χ3v) is 13.8. The van der Waals surface area contributed by atoms with E-state index in [1.54, 1.807) is 18.5 Å². The highest BCUT2D eigenvalue weighted by Gasteiger charge is 2.58. The van der Waals surface area contributed by atoms with Crippen LogP contribution in [0.4, 0.5) is 5.69 Å². The number of rotatable bonds is 12. The Morgan fingerprint density at radius 1 is 0.931 bits per heavy atom. The molecule has 2 amide bonds. The van der Waals surface area contributed by atoms with Crippen LogP contribution in [-0.2, 0) is 35.5 Å². The van der Waals surface area contributed by atoms with Gasteiger partial charge in [-0.1, -0.05) is 53.5 Å². The van der Waals surface area contributed by atoms with Gasteiger partial charge in [0, 0.05) is 86.7 Å². The first kappa shape index (κ1) is 38.6. The summed E-state index contributed by atoms with van der Waals surface area (Å²) < 4.78 is 0. The van der Waals surface area contributed by atoms with E-state index in [9.17, 15) is 19.5 Å². The van der Waals surface area contributed by atoms with Gasteiger partial charge < -0.3 is 21.1 Å². The highest BCUT2D eigenvalue weighted by Crippen LogP contribution is 2.62. The Morgan fingerprint density at radius 3 is 2.52 bits per heavy atom. The predicted molar refractivity (Wildman–Crippen MR) is 224 cm³/mol. The Morgan fingerprint density at radius 2 is 1.74 bits per heavy atom. The van der Waals surface area contributed by atoms with Crippen molar-refractivity contribution in [3.05, 3.63) is 117 Å². The van der Waals surface area contributed by atoms with Crippen molar-refractivity contribution in [1.29, 1.82) is 0 Å². The molecule has 0 unspecified atom stereocenters. The summed E-state index contributed by atoms with van der Waals surface area (Å²) in [5, 5.41) is 21.1. The van der Waals surface area contributed by atoms with Crippen LogP contribution in [0.25, 0.3) is 22.0 Å². The van der Waals surface area contributed by atoms with Gasteiger partial charge >= 0.3 is 5.97 Å². The number of carbonyl (C=O) groups excluding carboxylic acids is 2. The molecule has 9 rings (SSSR count). The normalized spacial score (nSPS) is 22.6. The summed E-state index contributed by atoms with van der Waals surface area (Å²) in [4.78, 5) is 53.5. The molecule has 3 fully saturated rings. The van der Waals surface area contributed by atoms with E-state index in [1.807, 2.05) is 48.7 Å². The number of pyridine rings is 3. The van der Waals surface area contributed by atoms with E-state index in [-0.39, 0.29) is 23.3 Å². The fourth-order valence-corrected chi connectivity index (χ4v) is 10.4. The van der Waals surface area contributed by atoms with Crippen molar-refractivity contribution < 1.29 is 19.5 Å². The van der Waals surface area contributed by atoms with E-state index >= 15 is 0 Å². The number of aliphatic carboxylic acids is 1. The molecule has 11 nitrogen and oxygen atoms in total. The summed E-state index contributed by atoms with van der Waals surface area (Å²) in [6, 6.07) is 17.4. The highest BCUT2D eigenvalue weighted by atomic mass is 35.5. The maximum absolute atomic E-state index is 13.6. The Balaban J connectivity index is 0.860. The zero-order chi connectivity index (χ0) is 40.0. The van der Waals surface area contributed by atoms with Crippen molar-refractivity contribution in [1.82, 2.24) is 30.5 Å². The molecular weight excluding hydrogens is 773 g/mol. The lowest BCUT2D eigenvalue weighted by Crippen LogP contribution is -2.39. The van der Waals surface area contributed by atoms with E-state index < -0.39 is 11.4 Å². The first-order chi connectivity index (χ1) is 28.1. The molecule has 4 aliphatic rings. The Hall–Kier alpha value is -4.94. The van der Waals surface area contributed by atoms with Gasteiger partial charge in [-0.3, -0.25) is 34.2 Å². The number of carboxylic acids is 1. The van der Waals surface area contributed by atoms with Gasteiger partial charge in [-0.2, -0.15) is 0 Å². The molecule has 2 saturated carbocycles. The number of carbonyl (C=O) groups is 3. The van der Waals surface area contributed by atoms with Gasteiger partial charge in [-0.05, 0) is 96.9 Å². The molecular formula is C45H45Cl2N7O4. The zero-order valence-corrected chi connectivity index (χ0v) is 33.6. The van der Waals surface area contributed by atoms with Crippen molar-refractivity contribution in [2.45, 2.75) is 76.9 Å². The van der Waals surface area contributed by atoms with Crippen LogP contribution in [0.3, 0.4) is 0 Å². The average Bonchev–Trinajstić information content (AvgIpc) is 3.93. The number of nitrogens with one attached hydrogen (secondary N) is 3. The highest BCUT2D eigenvalue weighted by molar-refractivity contribution is 6.39. The molecule has 2 bridgehead atoms. The fourth-order valence-electron chi connectivity index (χ4n) is 9.81. The summed E-state index contributed by atoms with van der Waals surface area (Å²) in [5.74, 6) is -0.865. The van der Waals surface area contributed by atoms with Crippen LogP contribution in [0.5, 0.6) is 0 Å². The Kier molecular flexibility index (Phi) is 10.4. The molecule has 2 aromatic carbocycles. The second-order valence-electron chi connectivity index (χ2n) is 16.7. The van der Waals surface area contributed by atoms with Gasteiger partial charge in [0.25, 0.3) is 5.91 Å². The summed E-state index contributed by atoms with van der Waals surface area (Å²) in [6.45, 7) is 3.88. The molecule has 298 valence electrons. The lowest BCUT2D eigenvalue weighted by atomic mass is 9.81. The molecule has 1 atom stereocenters. The summed E-state index contributed by atoms with van der Waals surface area (Å²) in [5.41, 5.74) is 7.51. The lowest BCUT2D eigenvalue weighted by Gasteiger charge is -2.36. The molecule has 58 heavy (non-hydrogen) atoms. The van der Waals surface area contributed by atoms with Crippen molar-refractivity contribution in [2.75, 3.05) is 25.0 Å². The minimum Gasteiger partial charge on any atom is -0.481 e. The number of halogens is 2. The molecule has 2 aliphatic heterocycles. The fraction of sp³-hybridized carbons (Fsp3) is 0.378.